The van der Waals surface area contributed by atoms with Gasteiger partial charge < -0.3 is 5.73 Å². The first-order valence-electron chi connectivity index (χ1n) is 4.98. The minimum atomic E-state index is -0.645. The Bertz CT molecular complexity index is 357. The Labute approximate surface area is 104 Å². The monoisotopic (exact) mass is 267 g/mol. The fraction of sp³-hybridized carbons (Fsp3) is 0.455. The number of halogens is 4. The maximum atomic E-state index is 13.4. The highest BCUT2D eigenvalue weighted by molar-refractivity contribution is 6.30. The third kappa shape index (κ3) is 3.06. The Morgan fingerprint density at radius 3 is 2.25 bits per heavy atom. The van der Waals surface area contributed by atoms with Crippen LogP contribution in [0.3, 0.4) is 0 Å². The van der Waals surface area contributed by atoms with E-state index < -0.39 is 17.7 Å². The molecule has 1 atom stereocenters. The van der Waals surface area contributed by atoms with Crippen molar-refractivity contribution in [3.8, 4) is 0 Å². The van der Waals surface area contributed by atoms with Crippen molar-refractivity contribution in [2.45, 2.75) is 25.3 Å². The van der Waals surface area contributed by atoms with Gasteiger partial charge in [-0.3, -0.25) is 0 Å². The number of rotatable bonds is 3. The van der Waals surface area contributed by atoms with E-state index in [2.05, 4.69) is 0 Å². The van der Waals surface area contributed by atoms with Crippen molar-refractivity contribution in [1.82, 2.24) is 0 Å². The van der Waals surface area contributed by atoms with E-state index in [1.54, 1.807) is 0 Å². The fourth-order valence-corrected chi connectivity index (χ4v) is 1.93. The number of hydrogen-bond acceptors (Lipinski definition) is 1. The summed E-state index contributed by atoms with van der Waals surface area (Å²) in [6, 6.07) is 1.65. The molecule has 0 aromatic heterocycles. The lowest BCUT2D eigenvalue weighted by Crippen LogP contribution is -2.15. The first kappa shape index (κ1) is 13.7. The van der Waals surface area contributed by atoms with Crippen LogP contribution in [-0.4, -0.2) is 0 Å². The molecule has 1 saturated carbocycles. The molecule has 0 radical (unpaired) electrons. The van der Waals surface area contributed by atoms with Crippen molar-refractivity contribution >= 4 is 24.0 Å². The molecule has 0 bridgehead atoms. The molecule has 0 amide bonds. The van der Waals surface area contributed by atoms with Gasteiger partial charge in [0.05, 0.1) is 0 Å². The summed E-state index contributed by atoms with van der Waals surface area (Å²) in [5.41, 5.74) is 5.73. The molecule has 2 N–H and O–H groups in total. The van der Waals surface area contributed by atoms with Crippen LogP contribution in [0.1, 0.15) is 30.9 Å². The molecule has 1 aromatic carbocycles. The summed E-state index contributed by atoms with van der Waals surface area (Å²) in [5, 5.41) is 0.0624. The van der Waals surface area contributed by atoms with Crippen LogP contribution in [0, 0.1) is 17.6 Å². The zero-order valence-electron chi connectivity index (χ0n) is 8.55. The predicted octanol–water partition coefficient (Wildman–Crippen LogP) is 3.84. The lowest BCUT2D eigenvalue weighted by Gasteiger charge is -2.13. The molecule has 0 heterocycles. The summed E-state index contributed by atoms with van der Waals surface area (Å²) in [7, 11) is 0. The Hall–Kier alpha value is -0.380. The molecular weight excluding hydrogens is 255 g/mol. The van der Waals surface area contributed by atoms with Gasteiger partial charge in [0, 0.05) is 16.6 Å². The lowest BCUT2D eigenvalue weighted by atomic mass is 10.0. The Morgan fingerprint density at radius 1 is 1.31 bits per heavy atom. The summed E-state index contributed by atoms with van der Waals surface area (Å²) in [4.78, 5) is 0. The summed E-state index contributed by atoms with van der Waals surface area (Å²) >= 11 is 5.52. The first-order chi connectivity index (χ1) is 7.08. The minimum Gasteiger partial charge on any atom is -0.324 e. The van der Waals surface area contributed by atoms with Gasteiger partial charge in [0.1, 0.15) is 11.6 Å². The zero-order chi connectivity index (χ0) is 11.0. The fourth-order valence-electron chi connectivity index (χ4n) is 1.74. The lowest BCUT2D eigenvalue weighted by molar-refractivity contribution is 0.498. The SMILES string of the molecule is Cl.N[C@@H](CC1CC1)c1c(F)cc(Cl)cc1F. The van der Waals surface area contributed by atoms with Crippen LogP contribution in [-0.2, 0) is 0 Å². The van der Waals surface area contributed by atoms with Crippen molar-refractivity contribution in [1.29, 1.82) is 0 Å². The number of hydrogen-bond donors (Lipinski definition) is 1. The second kappa shape index (κ2) is 5.30. The maximum Gasteiger partial charge on any atom is 0.132 e. The van der Waals surface area contributed by atoms with Crippen LogP contribution in [0.5, 0.6) is 0 Å². The molecule has 5 heteroatoms. The summed E-state index contributed by atoms with van der Waals surface area (Å²) in [5.74, 6) is -0.754. The van der Waals surface area contributed by atoms with Crippen molar-refractivity contribution < 1.29 is 8.78 Å². The molecule has 0 saturated heterocycles. The molecule has 0 unspecified atom stereocenters. The molecule has 2 rings (SSSR count). The van der Waals surface area contributed by atoms with E-state index in [4.69, 9.17) is 17.3 Å². The van der Waals surface area contributed by atoms with Crippen LogP contribution in [0.15, 0.2) is 12.1 Å². The molecule has 0 spiro atoms. The van der Waals surface area contributed by atoms with Crippen LogP contribution < -0.4 is 5.73 Å². The van der Waals surface area contributed by atoms with Crippen LogP contribution >= 0.6 is 24.0 Å². The summed E-state index contributed by atoms with van der Waals surface area (Å²) < 4.78 is 26.9. The maximum absolute atomic E-state index is 13.4. The normalized spacial score (nSPS) is 16.8. The third-order valence-electron chi connectivity index (χ3n) is 2.70. The molecule has 0 aliphatic heterocycles. The number of benzene rings is 1. The van der Waals surface area contributed by atoms with Gasteiger partial charge >= 0.3 is 0 Å². The average molecular weight is 268 g/mol. The molecule has 16 heavy (non-hydrogen) atoms. The zero-order valence-corrected chi connectivity index (χ0v) is 10.1. The van der Waals surface area contributed by atoms with Gasteiger partial charge in [-0.2, -0.15) is 0 Å². The van der Waals surface area contributed by atoms with E-state index in [9.17, 15) is 8.78 Å². The van der Waals surface area contributed by atoms with E-state index >= 15 is 0 Å². The topological polar surface area (TPSA) is 26.0 Å². The van der Waals surface area contributed by atoms with E-state index in [1.165, 1.54) is 0 Å². The van der Waals surface area contributed by atoms with Gasteiger partial charge in [0.2, 0.25) is 0 Å². The highest BCUT2D eigenvalue weighted by Crippen LogP contribution is 2.38. The smallest absolute Gasteiger partial charge is 0.132 e. The van der Waals surface area contributed by atoms with E-state index in [0.717, 1.165) is 25.0 Å². The van der Waals surface area contributed by atoms with Gasteiger partial charge in [-0.05, 0) is 24.5 Å². The highest BCUT2D eigenvalue weighted by atomic mass is 35.5. The van der Waals surface area contributed by atoms with Gasteiger partial charge in [-0.25, -0.2) is 8.78 Å². The second-order valence-corrected chi connectivity index (χ2v) is 4.51. The molecular formula is C11H13Cl2F2N. The van der Waals surface area contributed by atoms with E-state index in [0.29, 0.717) is 12.3 Å². The molecule has 1 aliphatic carbocycles. The highest BCUT2D eigenvalue weighted by Gasteiger charge is 2.27. The molecule has 1 fully saturated rings. The Morgan fingerprint density at radius 2 is 1.81 bits per heavy atom. The summed E-state index contributed by atoms with van der Waals surface area (Å²) in [6.07, 6.45) is 2.88. The van der Waals surface area contributed by atoms with Gasteiger partial charge in [0.15, 0.2) is 0 Å². The minimum absolute atomic E-state index is 0. The van der Waals surface area contributed by atoms with Gasteiger partial charge in [-0.1, -0.05) is 24.4 Å². The predicted molar refractivity (Wildman–Crippen MR) is 62.9 cm³/mol. The quantitative estimate of drug-likeness (QED) is 0.885. The van der Waals surface area contributed by atoms with Crippen LogP contribution in [0.25, 0.3) is 0 Å². The van der Waals surface area contributed by atoms with Crippen molar-refractivity contribution in [3.05, 3.63) is 34.4 Å². The second-order valence-electron chi connectivity index (χ2n) is 4.07. The standard InChI is InChI=1S/C11H12ClF2N.ClH/c12-7-4-8(13)11(9(14)5-7)10(15)3-6-1-2-6;/h4-6,10H,1-3,15H2;1H/t10-;/m0./s1. The van der Waals surface area contributed by atoms with E-state index in [-0.39, 0.29) is 23.0 Å². The first-order valence-corrected chi connectivity index (χ1v) is 5.35. The van der Waals surface area contributed by atoms with Crippen LogP contribution in [0.4, 0.5) is 8.78 Å². The molecule has 1 aliphatic rings. The third-order valence-corrected chi connectivity index (χ3v) is 2.92. The van der Waals surface area contributed by atoms with E-state index in [1.807, 2.05) is 0 Å². The largest absolute Gasteiger partial charge is 0.324 e. The van der Waals surface area contributed by atoms with Gasteiger partial charge in [-0.15, -0.1) is 12.4 Å². The molecule has 90 valence electrons. The molecule has 1 nitrogen and oxygen atoms in total. The Balaban J connectivity index is 0.00000128. The summed E-state index contributed by atoms with van der Waals surface area (Å²) in [6.45, 7) is 0. The van der Waals surface area contributed by atoms with Crippen molar-refractivity contribution in [2.24, 2.45) is 11.7 Å². The van der Waals surface area contributed by atoms with Gasteiger partial charge in [0.25, 0.3) is 0 Å². The average Bonchev–Trinajstić information content (AvgIpc) is 2.85. The Kier molecular flexibility index (Phi) is 4.53. The van der Waals surface area contributed by atoms with Crippen LogP contribution in [0.2, 0.25) is 5.02 Å². The van der Waals surface area contributed by atoms with Crippen molar-refractivity contribution in [2.75, 3.05) is 0 Å². The van der Waals surface area contributed by atoms with Crippen molar-refractivity contribution in [3.63, 3.8) is 0 Å². The number of nitrogens with two attached hydrogens (primary N) is 1. The molecule has 1 aromatic rings.